The van der Waals surface area contributed by atoms with Gasteiger partial charge in [0.2, 0.25) is 0 Å². The largest absolute Gasteiger partial charge is 0.308 e. The Morgan fingerprint density at radius 3 is 2.83 bits per heavy atom. The Morgan fingerprint density at radius 1 is 1.25 bits per heavy atom. The summed E-state index contributed by atoms with van der Waals surface area (Å²) in [5.41, 5.74) is 0. The molecule has 0 bridgehead atoms. The fraction of sp³-hybridized carbons (Fsp3) is 1.00. The van der Waals surface area contributed by atoms with Crippen LogP contribution in [0, 0.1) is 0 Å². The van der Waals surface area contributed by atoms with E-state index in [1.807, 2.05) is 0 Å². The monoisotopic (exact) mass is 170 g/mol. The van der Waals surface area contributed by atoms with Gasteiger partial charge in [0.05, 0.1) is 0 Å². The average Bonchev–Trinajstić information content (AvgIpc) is 2.28. The number of hydrogen-bond donors (Lipinski definition) is 0. The molecule has 0 aliphatic carbocycles. The number of hydrogen-bond acceptors (Lipinski definition) is 2. The fourth-order valence-electron chi connectivity index (χ4n) is 1.41. The van der Waals surface area contributed by atoms with Gasteiger partial charge in [-0.05, 0) is 27.1 Å². The van der Waals surface area contributed by atoms with Gasteiger partial charge >= 0.3 is 0 Å². The summed E-state index contributed by atoms with van der Waals surface area (Å²) in [4.78, 5) is 4.75. The van der Waals surface area contributed by atoms with Gasteiger partial charge in [0.15, 0.2) is 0 Å². The van der Waals surface area contributed by atoms with E-state index in [1.54, 1.807) is 0 Å². The van der Waals surface area contributed by atoms with Crippen LogP contribution in [0.4, 0.5) is 0 Å². The lowest BCUT2D eigenvalue weighted by atomic mass is 10.4. The molecule has 0 aromatic rings. The molecule has 0 amide bonds. The van der Waals surface area contributed by atoms with Gasteiger partial charge in [0.1, 0.15) is 0 Å². The molecule has 3 heteroatoms. The summed E-state index contributed by atoms with van der Waals surface area (Å²) in [5.74, 6) is 0. The molecule has 1 aliphatic heterocycles. The van der Waals surface area contributed by atoms with E-state index in [9.17, 15) is 0 Å². The van der Waals surface area contributed by atoms with Crippen molar-refractivity contribution >= 4 is 0 Å². The lowest BCUT2D eigenvalue weighted by Crippen LogP contribution is -2.33. The third-order valence-electron chi connectivity index (χ3n) is 2.23. The highest BCUT2D eigenvalue weighted by atomic mass is 15.2. The van der Waals surface area contributed by atoms with Crippen molar-refractivity contribution in [3.8, 4) is 0 Å². The number of nitrogens with zero attached hydrogens (tertiary/aromatic N) is 3. The second-order valence-electron chi connectivity index (χ2n) is 3.67. The third-order valence-corrected chi connectivity index (χ3v) is 2.23. The summed E-state index contributed by atoms with van der Waals surface area (Å²) in [6, 6.07) is 0. The van der Waals surface area contributed by atoms with Crippen molar-refractivity contribution in [3.05, 3.63) is 0 Å². The number of rotatable bonds is 3. The molecule has 1 rings (SSSR count). The van der Waals surface area contributed by atoms with Gasteiger partial charge in [-0.3, -0.25) is 0 Å². The van der Waals surface area contributed by atoms with Crippen molar-refractivity contribution in [2.24, 2.45) is 0 Å². The predicted molar refractivity (Wildman–Crippen MR) is 51.5 cm³/mol. The standard InChI is InChI=1S/C9H20N3/c1-11(2)8-9-12-6-3-4-10-5-7-12/h3-9H2,1-2H3. The van der Waals surface area contributed by atoms with E-state index >= 15 is 0 Å². The maximum Gasteiger partial charge on any atom is 0.0261 e. The van der Waals surface area contributed by atoms with Crippen molar-refractivity contribution < 1.29 is 0 Å². The molecule has 0 unspecified atom stereocenters. The van der Waals surface area contributed by atoms with Crippen LogP contribution < -0.4 is 5.32 Å². The topological polar surface area (TPSA) is 20.6 Å². The minimum absolute atomic E-state index is 1.04. The first kappa shape index (κ1) is 9.96. The molecule has 1 fully saturated rings. The zero-order valence-electron chi connectivity index (χ0n) is 8.29. The third kappa shape index (κ3) is 4.04. The normalized spacial score (nSPS) is 21.2. The van der Waals surface area contributed by atoms with E-state index in [0.29, 0.717) is 0 Å². The van der Waals surface area contributed by atoms with Crippen LogP contribution in [0.25, 0.3) is 0 Å². The Hall–Kier alpha value is -0.120. The summed E-state index contributed by atoms with van der Waals surface area (Å²) < 4.78 is 0. The van der Waals surface area contributed by atoms with Gasteiger partial charge < -0.3 is 9.80 Å². The molecule has 0 N–H and O–H groups in total. The van der Waals surface area contributed by atoms with Crippen LogP contribution in [-0.2, 0) is 0 Å². The lowest BCUT2D eigenvalue weighted by Gasteiger charge is -2.21. The molecule has 0 atom stereocenters. The first-order valence-electron chi connectivity index (χ1n) is 4.79. The SMILES string of the molecule is CN(C)CCN1CCC[N]CC1. The van der Waals surface area contributed by atoms with E-state index in [-0.39, 0.29) is 0 Å². The van der Waals surface area contributed by atoms with E-state index in [1.165, 1.54) is 26.1 Å². The molecule has 1 radical (unpaired) electrons. The number of likely N-dealkylation sites (N-methyl/N-ethyl adjacent to an activating group) is 1. The Balaban J connectivity index is 2.12. The van der Waals surface area contributed by atoms with Crippen LogP contribution in [0.3, 0.4) is 0 Å². The smallest absolute Gasteiger partial charge is 0.0261 e. The van der Waals surface area contributed by atoms with E-state index < -0.39 is 0 Å². The summed E-state index contributed by atoms with van der Waals surface area (Å²) in [7, 11) is 4.25. The summed E-state index contributed by atoms with van der Waals surface area (Å²) in [5, 5.41) is 4.39. The highest BCUT2D eigenvalue weighted by Gasteiger charge is 2.08. The van der Waals surface area contributed by atoms with Gasteiger partial charge in [-0.2, -0.15) is 0 Å². The molecule has 12 heavy (non-hydrogen) atoms. The summed E-state index contributed by atoms with van der Waals surface area (Å²) in [6.45, 7) is 6.86. The molecular weight excluding hydrogens is 150 g/mol. The van der Waals surface area contributed by atoms with Gasteiger partial charge in [-0.1, -0.05) is 0 Å². The molecule has 1 saturated heterocycles. The van der Waals surface area contributed by atoms with E-state index in [4.69, 9.17) is 0 Å². The predicted octanol–water partition coefficient (Wildman–Crippen LogP) is -0.142. The first-order valence-corrected chi connectivity index (χ1v) is 4.79. The highest BCUT2D eigenvalue weighted by molar-refractivity contribution is 4.65. The maximum absolute atomic E-state index is 4.39. The van der Waals surface area contributed by atoms with Gasteiger partial charge in [0.25, 0.3) is 0 Å². The first-order chi connectivity index (χ1) is 5.79. The van der Waals surface area contributed by atoms with Gasteiger partial charge in [0, 0.05) is 32.7 Å². The van der Waals surface area contributed by atoms with Crippen LogP contribution in [0.5, 0.6) is 0 Å². The maximum atomic E-state index is 4.39. The molecule has 3 nitrogen and oxygen atoms in total. The Kier molecular flexibility index (Phi) is 4.58. The Bertz CT molecular complexity index is 106. The van der Waals surface area contributed by atoms with Crippen LogP contribution in [0.2, 0.25) is 0 Å². The molecule has 1 aliphatic rings. The minimum Gasteiger partial charge on any atom is -0.308 e. The molecule has 1 heterocycles. The highest BCUT2D eigenvalue weighted by Crippen LogP contribution is 1.95. The van der Waals surface area contributed by atoms with Crippen LogP contribution in [-0.4, -0.2) is 63.2 Å². The zero-order valence-corrected chi connectivity index (χ0v) is 8.29. The molecule has 0 saturated carbocycles. The van der Waals surface area contributed by atoms with Crippen LogP contribution in [0.15, 0.2) is 0 Å². The molecule has 0 aromatic carbocycles. The second kappa shape index (κ2) is 5.51. The van der Waals surface area contributed by atoms with Crippen LogP contribution >= 0.6 is 0 Å². The zero-order chi connectivity index (χ0) is 8.81. The van der Waals surface area contributed by atoms with E-state index in [0.717, 1.165) is 19.6 Å². The molecule has 71 valence electrons. The fourth-order valence-corrected chi connectivity index (χ4v) is 1.41. The van der Waals surface area contributed by atoms with Crippen molar-refractivity contribution in [2.45, 2.75) is 6.42 Å². The average molecular weight is 170 g/mol. The van der Waals surface area contributed by atoms with Crippen molar-refractivity contribution in [2.75, 3.05) is 53.4 Å². The van der Waals surface area contributed by atoms with Gasteiger partial charge in [-0.25, -0.2) is 5.32 Å². The van der Waals surface area contributed by atoms with Gasteiger partial charge in [-0.15, -0.1) is 0 Å². The Labute approximate surface area is 75.7 Å². The molecular formula is C9H20N3. The molecule has 0 aromatic heterocycles. The van der Waals surface area contributed by atoms with Crippen molar-refractivity contribution in [3.63, 3.8) is 0 Å². The lowest BCUT2D eigenvalue weighted by molar-refractivity contribution is 0.254. The minimum atomic E-state index is 1.04. The van der Waals surface area contributed by atoms with E-state index in [2.05, 4.69) is 29.2 Å². The van der Waals surface area contributed by atoms with Crippen molar-refractivity contribution in [1.29, 1.82) is 0 Å². The summed E-state index contributed by atoms with van der Waals surface area (Å²) in [6.07, 6.45) is 1.24. The summed E-state index contributed by atoms with van der Waals surface area (Å²) >= 11 is 0. The quantitative estimate of drug-likeness (QED) is 0.587. The van der Waals surface area contributed by atoms with Crippen LogP contribution in [0.1, 0.15) is 6.42 Å². The molecule has 0 spiro atoms. The van der Waals surface area contributed by atoms with Crippen molar-refractivity contribution in [1.82, 2.24) is 15.1 Å². The Morgan fingerprint density at radius 2 is 2.08 bits per heavy atom. The second-order valence-corrected chi connectivity index (χ2v) is 3.67.